The highest BCUT2D eigenvalue weighted by atomic mass is 15.3. The molecule has 3 heterocycles. The van der Waals surface area contributed by atoms with Crippen molar-refractivity contribution < 1.29 is 0 Å². The van der Waals surface area contributed by atoms with Crippen molar-refractivity contribution in [1.82, 2.24) is 14.5 Å². The lowest BCUT2D eigenvalue weighted by Crippen LogP contribution is -2.57. The van der Waals surface area contributed by atoms with E-state index in [1.807, 2.05) is 0 Å². The van der Waals surface area contributed by atoms with E-state index in [-0.39, 0.29) is 6.71 Å². The summed E-state index contributed by atoms with van der Waals surface area (Å²) in [4.78, 5) is 13.8. The van der Waals surface area contributed by atoms with Gasteiger partial charge in [0.2, 0.25) is 12.7 Å². The maximum absolute atomic E-state index is 5.76. The molecule has 12 aromatic rings. The van der Waals surface area contributed by atoms with Gasteiger partial charge in [-0.25, -0.2) is 9.97 Å². The highest BCUT2D eigenvalue weighted by molar-refractivity contribution is 6.98. The van der Waals surface area contributed by atoms with Crippen LogP contribution in [-0.2, 0) is 5.41 Å². The van der Waals surface area contributed by atoms with Crippen LogP contribution in [0.2, 0.25) is 0 Å². The van der Waals surface area contributed by atoms with Crippen LogP contribution in [0.25, 0.3) is 72.3 Å². The van der Waals surface area contributed by atoms with Gasteiger partial charge in [0.1, 0.15) is 0 Å². The van der Waals surface area contributed by atoms with Crippen molar-refractivity contribution in [3.63, 3.8) is 0 Å². The van der Waals surface area contributed by atoms with Gasteiger partial charge in [-0.05, 0) is 91.8 Å². The van der Waals surface area contributed by atoms with E-state index in [9.17, 15) is 0 Å². The van der Waals surface area contributed by atoms with Gasteiger partial charge in [0.05, 0.1) is 33.5 Å². The Bertz CT molecular complexity index is 4040. The zero-order chi connectivity index (χ0) is 45.9. The molecule has 15 rings (SSSR count). The number of anilines is 3. The second kappa shape index (κ2) is 15.0. The Morgan fingerprint density at radius 3 is 1.66 bits per heavy atom. The van der Waals surface area contributed by atoms with Crippen LogP contribution in [-0.4, -0.2) is 21.2 Å². The lowest BCUT2D eigenvalue weighted by atomic mass is 9.35. The molecule has 70 heavy (non-hydrogen) atoms. The van der Waals surface area contributed by atoms with E-state index < -0.39 is 5.41 Å². The van der Waals surface area contributed by atoms with Crippen LogP contribution < -0.4 is 21.3 Å². The Morgan fingerprint density at radius 1 is 0.386 bits per heavy atom. The smallest absolute Gasteiger partial charge is 0.246 e. The molecule has 324 valence electrons. The Hall–Kier alpha value is -9.06. The van der Waals surface area contributed by atoms with E-state index in [1.54, 1.807) is 0 Å². The van der Waals surface area contributed by atoms with Crippen molar-refractivity contribution in [3.05, 3.63) is 271 Å². The molecule has 0 unspecified atom stereocenters. The molecule has 0 radical (unpaired) electrons. The Morgan fingerprint density at radius 2 is 0.943 bits per heavy atom. The molecule has 0 saturated heterocycles. The summed E-state index contributed by atoms with van der Waals surface area (Å²) in [7, 11) is 0. The van der Waals surface area contributed by atoms with Crippen LogP contribution in [0.4, 0.5) is 17.3 Å². The number of rotatable bonds is 5. The Kier molecular flexibility index (Phi) is 8.34. The van der Waals surface area contributed by atoms with Gasteiger partial charge in [0.25, 0.3) is 0 Å². The number of fused-ring (bicyclic) bond motifs is 16. The van der Waals surface area contributed by atoms with Gasteiger partial charge in [-0.1, -0.05) is 218 Å². The molecule has 0 amide bonds. The third kappa shape index (κ3) is 5.37. The summed E-state index contributed by atoms with van der Waals surface area (Å²) in [6, 6.07) is 90.9. The molecule has 0 fully saturated rings. The SMILES string of the molecule is c1ccc(B2c3ccccc3N(c3nc(-c4ccccc4)cc(-c4ccc5c(c4)-c4ccccc4C54c5ccccc5-c5ccccc54)n3)c3c2ccc2c4ccccc4n(-c4ccccc4)c32)cc1. The maximum Gasteiger partial charge on any atom is 0.246 e. The molecule has 3 aliphatic rings. The summed E-state index contributed by atoms with van der Waals surface area (Å²) in [6.07, 6.45) is 0. The number of nitrogens with zero attached hydrogens (tertiary/aromatic N) is 4. The molecule has 1 spiro atoms. The molecule has 0 atom stereocenters. The fourth-order valence-electron chi connectivity index (χ4n) is 12.5. The number of aromatic nitrogens is 3. The minimum Gasteiger partial charge on any atom is -0.307 e. The molecule has 5 heteroatoms. The van der Waals surface area contributed by atoms with Gasteiger partial charge in [-0.3, -0.25) is 4.90 Å². The summed E-state index contributed by atoms with van der Waals surface area (Å²) < 4.78 is 2.45. The first kappa shape index (κ1) is 39.0. The highest BCUT2D eigenvalue weighted by Gasteiger charge is 2.51. The molecule has 0 saturated carbocycles. The van der Waals surface area contributed by atoms with Crippen molar-refractivity contribution in [3.8, 4) is 50.5 Å². The number of benzene rings is 10. The van der Waals surface area contributed by atoms with Crippen molar-refractivity contribution in [2.75, 3.05) is 4.90 Å². The van der Waals surface area contributed by atoms with E-state index in [1.165, 1.54) is 71.7 Å². The van der Waals surface area contributed by atoms with Crippen molar-refractivity contribution in [1.29, 1.82) is 0 Å². The third-order valence-electron chi connectivity index (χ3n) is 15.3. The van der Waals surface area contributed by atoms with Crippen LogP contribution in [0, 0.1) is 0 Å². The standard InChI is InChI=1S/C65H41BN4/c1-4-20-42(21-5-1)58-41-59(43-36-38-55-51(40-43)48-28-12-16-32-54(48)65(55)52-30-14-10-26-46(52)47-27-11-15-31-53(47)65)68-64(67-58)70-61-35-19-17-33-56(61)66(44-22-6-2-7-23-44)57-39-37-50-49-29-13-18-34-60(49)69(62(50)63(57)70)45-24-8-3-9-25-45/h1-41H. The van der Waals surface area contributed by atoms with Crippen molar-refractivity contribution in [2.45, 2.75) is 5.41 Å². The van der Waals surface area contributed by atoms with Gasteiger partial charge in [0.15, 0.2) is 0 Å². The van der Waals surface area contributed by atoms with Gasteiger partial charge in [-0.15, -0.1) is 0 Å². The summed E-state index contributed by atoms with van der Waals surface area (Å²) >= 11 is 0. The Balaban J connectivity index is 1.02. The van der Waals surface area contributed by atoms with Crippen molar-refractivity contribution >= 4 is 62.2 Å². The van der Waals surface area contributed by atoms with Crippen LogP contribution in [0.15, 0.2) is 249 Å². The average Bonchev–Trinajstić information content (AvgIpc) is 4.05. The average molecular weight is 889 g/mol. The quantitative estimate of drug-likeness (QED) is 0.162. The fraction of sp³-hybridized carbons (Fsp3) is 0.0154. The number of hydrogen-bond acceptors (Lipinski definition) is 3. The second-order valence-electron chi connectivity index (χ2n) is 18.8. The minimum absolute atomic E-state index is 0.0398. The van der Waals surface area contributed by atoms with E-state index in [0.29, 0.717) is 5.95 Å². The second-order valence-corrected chi connectivity index (χ2v) is 18.8. The largest absolute Gasteiger partial charge is 0.307 e. The minimum atomic E-state index is -0.428. The normalized spacial score (nSPS) is 13.5. The van der Waals surface area contributed by atoms with E-state index >= 15 is 0 Å². The topological polar surface area (TPSA) is 34.0 Å². The van der Waals surface area contributed by atoms with Gasteiger partial charge in [0, 0.05) is 33.3 Å². The summed E-state index contributed by atoms with van der Waals surface area (Å²) in [6.45, 7) is -0.0398. The molecule has 2 aliphatic carbocycles. The number of para-hydroxylation sites is 3. The van der Waals surface area contributed by atoms with Gasteiger partial charge >= 0.3 is 0 Å². The molecular formula is C65H41BN4. The zero-order valence-electron chi connectivity index (χ0n) is 38.0. The molecule has 4 nitrogen and oxygen atoms in total. The number of hydrogen-bond donors (Lipinski definition) is 0. The first-order chi connectivity index (χ1) is 34.8. The van der Waals surface area contributed by atoms with Crippen LogP contribution in [0.1, 0.15) is 22.3 Å². The third-order valence-corrected chi connectivity index (χ3v) is 15.3. The first-order valence-corrected chi connectivity index (χ1v) is 24.2. The van der Waals surface area contributed by atoms with E-state index in [2.05, 4.69) is 258 Å². The fourth-order valence-corrected chi connectivity index (χ4v) is 12.5. The predicted molar refractivity (Wildman–Crippen MR) is 289 cm³/mol. The summed E-state index contributed by atoms with van der Waals surface area (Å²) in [5.41, 5.74) is 22.9. The lowest BCUT2D eigenvalue weighted by molar-refractivity contribution is 0.794. The molecule has 10 aromatic carbocycles. The van der Waals surface area contributed by atoms with E-state index in [0.717, 1.165) is 50.6 Å². The molecule has 0 N–H and O–H groups in total. The van der Waals surface area contributed by atoms with Gasteiger partial charge < -0.3 is 4.57 Å². The monoisotopic (exact) mass is 888 g/mol. The molecule has 2 aromatic heterocycles. The van der Waals surface area contributed by atoms with Crippen LogP contribution >= 0.6 is 0 Å². The molecule has 1 aliphatic heterocycles. The lowest BCUT2D eigenvalue weighted by Gasteiger charge is -2.36. The van der Waals surface area contributed by atoms with Crippen molar-refractivity contribution in [2.24, 2.45) is 0 Å². The molecular weight excluding hydrogens is 848 g/mol. The van der Waals surface area contributed by atoms with Crippen LogP contribution in [0.3, 0.4) is 0 Å². The Labute approximate surface area is 406 Å². The maximum atomic E-state index is 5.76. The predicted octanol–water partition coefficient (Wildman–Crippen LogP) is 13.6. The molecule has 0 bridgehead atoms. The summed E-state index contributed by atoms with van der Waals surface area (Å²) in [5.74, 6) is 0.616. The first-order valence-electron chi connectivity index (χ1n) is 24.2. The van der Waals surface area contributed by atoms with Gasteiger partial charge in [-0.2, -0.15) is 0 Å². The summed E-state index contributed by atoms with van der Waals surface area (Å²) in [5, 5.41) is 2.37. The van der Waals surface area contributed by atoms with Crippen LogP contribution in [0.5, 0.6) is 0 Å². The zero-order valence-corrected chi connectivity index (χ0v) is 38.0. The highest BCUT2D eigenvalue weighted by Crippen LogP contribution is 2.63. The van der Waals surface area contributed by atoms with E-state index in [4.69, 9.17) is 9.97 Å².